The van der Waals surface area contributed by atoms with Gasteiger partial charge in [-0.25, -0.2) is 34.0 Å². The van der Waals surface area contributed by atoms with Gasteiger partial charge in [-0.15, -0.1) is 0 Å². The third-order valence-electron chi connectivity index (χ3n) is 16.7. The van der Waals surface area contributed by atoms with Crippen LogP contribution in [0, 0.1) is 11.6 Å². The monoisotopic (exact) mass is 1510 g/mol. The van der Waals surface area contributed by atoms with E-state index < -0.39 is 41.1 Å². The third-order valence-corrected chi connectivity index (χ3v) is 22.1. The highest BCUT2D eigenvalue weighted by atomic mass is 32.2. The fourth-order valence-corrected chi connectivity index (χ4v) is 14.2. The van der Waals surface area contributed by atoms with Crippen molar-refractivity contribution < 1.29 is 68.3 Å². The van der Waals surface area contributed by atoms with Crippen LogP contribution in [0.25, 0.3) is 0 Å². The summed E-state index contributed by atoms with van der Waals surface area (Å²) in [4.78, 5) is 0.518. The summed E-state index contributed by atoms with van der Waals surface area (Å²) in [6.45, 7) is 12.7. The van der Waals surface area contributed by atoms with E-state index in [0.29, 0.717) is 63.1 Å². The molecule has 9 N–H and O–H groups in total. The smallest absolute Gasteiger partial charge is 0.206 e. The van der Waals surface area contributed by atoms with Crippen LogP contribution in [-0.4, -0.2) is 40.6 Å². The summed E-state index contributed by atoms with van der Waals surface area (Å²) >= 11 is 0. The summed E-state index contributed by atoms with van der Waals surface area (Å²) in [6, 6.07) is 84.3. The quantitative estimate of drug-likeness (QED) is 0.0265. The minimum Gasteiger partial charge on any atom is -0.508 e. The topological polar surface area (TPSA) is 278 Å². The van der Waals surface area contributed by atoms with E-state index >= 15 is 0 Å². The molecule has 0 bridgehead atoms. The minimum absolute atomic E-state index is 0.0227. The zero-order valence-electron chi connectivity index (χ0n) is 59.9. The van der Waals surface area contributed by atoms with E-state index in [0.717, 1.165) is 46.5 Å². The molecule has 0 aliphatic heterocycles. The lowest BCUT2D eigenvalue weighted by atomic mass is 9.78. The van der Waals surface area contributed by atoms with Crippen molar-refractivity contribution >= 4 is 46.6 Å². The van der Waals surface area contributed by atoms with Crippen molar-refractivity contribution in [3.63, 3.8) is 0 Å². The number of aromatic hydroxyl groups is 3. The predicted octanol–water partition coefficient (Wildman–Crippen LogP) is 20.6. The molecule has 0 unspecified atom stereocenters. The summed E-state index contributed by atoms with van der Waals surface area (Å²) in [5.41, 5.74) is 22.5. The molecular weight excluding hydrogens is 1430 g/mol. The first-order chi connectivity index (χ1) is 51.4. The summed E-state index contributed by atoms with van der Waals surface area (Å²) < 4.78 is 127. The SMILES string of the molecule is CC(C)(c1ccc(O)cc1)c1ccc(O)cc1.CC(C)(c1ccc(Oc2ccc(S(=O)(=O)c3ccc(Oc4ccc(N)cc4)cc3)cc2)cc1)c1ccc(Oc2ccc(S(=O)(=O)c3ccc(Oc4ccc(N)cc4)cc3)cc2)cc1.CCC.Nc1ccc(O)cc1.O=S(=O)(c1ccc(F)cc1)c1ccc(F)cc1. The number of benzene rings is 13. The number of anilines is 3. The second kappa shape index (κ2) is 35.6. The zero-order valence-corrected chi connectivity index (χ0v) is 62.3. The van der Waals surface area contributed by atoms with E-state index in [4.69, 9.17) is 41.3 Å². The molecular formula is C87H81F2N3O13S3. The number of halogens is 2. The molecule has 554 valence electrons. The van der Waals surface area contributed by atoms with Gasteiger partial charge in [-0.3, -0.25) is 0 Å². The van der Waals surface area contributed by atoms with Crippen molar-refractivity contribution in [3.05, 3.63) is 349 Å². The van der Waals surface area contributed by atoms with Crippen LogP contribution in [0.15, 0.2) is 345 Å². The maximum absolute atomic E-state index is 13.4. The van der Waals surface area contributed by atoms with E-state index in [1.165, 1.54) is 79.2 Å². The van der Waals surface area contributed by atoms with E-state index in [2.05, 4.69) is 41.5 Å². The fourth-order valence-electron chi connectivity index (χ4n) is 10.4. The maximum Gasteiger partial charge on any atom is 0.206 e. The van der Waals surface area contributed by atoms with Gasteiger partial charge >= 0.3 is 0 Å². The van der Waals surface area contributed by atoms with Crippen LogP contribution in [0.3, 0.4) is 0 Å². The molecule has 0 saturated carbocycles. The highest BCUT2D eigenvalue weighted by Gasteiger charge is 2.26. The third kappa shape index (κ3) is 21.4. The number of hydrogen-bond donors (Lipinski definition) is 6. The molecule has 0 heterocycles. The lowest BCUT2D eigenvalue weighted by Gasteiger charge is -2.26. The zero-order chi connectivity index (χ0) is 77.8. The van der Waals surface area contributed by atoms with Gasteiger partial charge in [0.05, 0.1) is 29.4 Å². The van der Waals surface area contributed by atoms with Crippen LogP contribution in [0.4, 0.5) is 25.8 Å². The Morgan fingerprint density at radius 1 is 0.259 bits per heavy atom. The number of phenols is 3. The molecule has 0 atom stereocenters. The van der Waals surface area contributed by atoms with Crippen LogP contribution >= 0.6 is 0 Å². The second-order valence-corrected chi connectivity index (χ2v) is 31.4. The van der Waals surface area contributed by atoms with Crippen molar-refractivity contribution in [1.29, 1.82) is 0 Å². The average molecular weight is 1510 g/mol. The van der Waals surface area contributed by atoms with Crippen LogP contribution in [0.5, 0.6) is 63.2 Å². The van der Waals surface area contributed by atoms with Gasteiger partial charge in [0.15, 0.2) is 0 Å². The molecule has 13 aromatic rings. The van der Waals surface area contributed by atoms with E-state index in [9.17, 15) is 44.2 Å². The number of nitrogens with two attached hydrogens (primary N) is 3. The molecule has 0 fully saturated rings. The van der Waals surface area contributed by atoms with Crippen LogP contribution in [0.2, 0.25) is 0 Å². The first kappa shape index (κ1) is 79.7. The Morgan fingerprint density at radius 2 is 0.398 bits per heavy atom. The molecule has 21 heteroatoms. The molecule has 13 aromatic carbocycles. The van der Waals surface area contributed by atoms with Crippen molar-refractivity contribution in [1.82, 2.24) is 0 Å². The van der Waals surface area contributed by atoms with Gasteiger partial charge in [-0.2, -0.15) is 0 Å². The number of ether oxygens (including phenoxy) is 4. The van der Waals surface area contributed by atoms with Gasteiger partial charge in [-0.1, -0.05) is 96.5 Å². The first-order valence-corrected chi connectivity index (χ1v) is 38.3. The Labute approximate surface area is 628 Å². The van der Waals surface area contributed by atoms with Crippen molar-refractivity contribution in [2.45, 2.75) is 88.2 Å². The number of rotatable bonds is 18. The van der Waals surface area contributed by atoms with E-state index in [1.54, 1.807) is 146 Å². The first-order valence-electron chi connectivity index (χ1n) is 33.9. The van der Waals surface area contributed by atoms with E-state index in [-0.39, 0.29) is 57.5 Å². The van der Waals surface area contributed by atoms with Crippen LogP contribution in [0.1, 0.15) is 70.2 Å². The maximum atomic E-state index is 13.4. The van der Waals surface area contributed by atoms with Gasteiger partial charge in [0.2, 0.25) is 29.5 Å². The minimum atomic E-state index is -3.78. The lowest BCUT2D eigenvalue weighted by molar-refractivity contribution is 0.473. The van der Waals surface area contributed by atoms with Crippen molar-refractivity contribution in [3.8, 4) is 63.2 Å². The van der Waals surface area contributed by atoms with Gasteiger partial charge in [0.25, 0.3) is 0 Å². The second-order valence-electron chi connectivity index (χ2n) is 25.5. The highest BCUT2D eigenvalue weighted by Crippen LogP contribution is 2.38. The average Bonchev–Trinajstić information content (AvgIpc) is 0.818. The number of phenolic OH excluding ortho intramolecular Hbond substituents is 3. The molecule has 0 aliphatic rings. The Kier molecular flexibility index (Phi) is 26.2. The standard InChI is InChI=1S/C51H42N2O8S2.C15H16O2.C12H8F2O2S.C6H7NO.C3H8/c1-51(2,35-3-11-39(12-4-35)58-43-19-27-47(28-20-43)62(54,55)49-31-23-45(24-32-49)60-41-15-7-37(52)8-16-41)36-5-13-40(14-6-36)59-44-21-29-48(30-22-44)63(56,57)50-33-25-46(26-34-50)61-42-17-9-38(53)10-18-42;1-15(2,11-3-7-13(16)8-4-11)12-5-9-14(17)10-6-12;13-9-1-5-11(6-2-9)17(15,16)12-7-3-10(14)4-8-12;7-5-1-3-6(8)4-2-5;1-3-2/h3-34H,52-53H2,1-2H3;3-10,16-17H,1-2H3;1-8H;1-4,8H,7H2;3H2,1-2H3. The molecule has 16 nitrogen and oxygen atoms in total. The Bertz CT molecular complexity index is 5070. The molecule has 0 radical (unpaired) electrons. The van der Waals surface area contributed by atoms with Crippen LogP contribution < -0.4 is 36.1 Å². The van der Waals surface area contributed by atoms with E-state index in [1.807, 2.05) is 72.8 Å². The van der Waals surface area contributed by atoms with Crippen molar-refractivity contribution in [2.75, 3.05) is 17.2 Å². The molecule has 0 amide bonds. The number of nitrogen functional groups attached to an aromatic ring is 3. The number of sulfone groups is 3. The molecule has 0 aromatic heterocycles. The summed E-state index contributed by atoms with van der Waals surface area (Å²) in [5.74, 6) is 4.14. The van der Waals surface area contributed by atoms with Gasteiger partial charge in [0, 0.05) is 27.9 Å². The Balaban J connectivity index is 0.000000238. The normalized spacial score (nSPS) is 11.3. The van der Waals surface area contributed by atoms with Gasteiger partial charge in [0.1, 0.15) is 74.9 Å². The molecule has 13 rings (SSSR count). The largest absolute Gasteiger partial charge is 0.508 e. The Hall–Kier alpha value is -12.4. The molecule has 108 heavy (non-hydrogen) atoms. The summed E-state index contributed by atoms with van der Waals surface area (Å²) in [7, 11) is -11.3. The Morgan fingerprint density at radius 3 is 0.583 bits per heavy atom. The van der Waals surface area contributed by atoms with Crippen LogP contribution in [-0.2, 0) is 40.3 Å². The molecule has 0 saturated heterocycles. The predicted molar refractivity (Wildman–Crippen MR) is 419 cm³/mol. The van der Waals surface area contributed by atoms with Crippen molar-refractivity contribution in [2.24, 2.45) is 0 Å². The molecule has 0 aliphatic carbocycles. The fraction of sp³-hybridized carbons (Fsp3) is 0.103. The van der Waals surface area contributed by atoms with Gasteiger partial charge in [-0.05, 0) is 289 Å². The lowest BCUT2D eigenvalue weighted by Crippen LogP contribution is -2.18. The number of hydrogen-bond acceptors (Lipinski definition) is 16. The highest BCUT2D eigenvalue weighted by molar-refractivity contribution is 7.92. The summed E-state index contributed by atoms with van der Waals surface area (Å²) in [5, 5.41) is 27.3. The summed E-state index contributed by atoms with van der Waals surface area (Å²) in [6.07, 6.45) is 1.25. The van der Waals surface area contributed by atoms with Gasteiger partial charge < -0.3 is 51.5 Å². The molecule has 0 spiro atoms.